The van der Waals surface area contributed by atoms with E-state index in [2.05, 4.69) is 13.8 Å². The Morgan fingerprint density at radius 2 is 2.06 bits per heavy atom. The first-order valence-corrected chi connectivity index (χ1v) is 12.7. The third kappa shape index (κ3) is 4.33. The summed E-state index contributed by atoms with van der Waals surface area (Å²) in [6.45, 7) is 9.89. The van der Waals surface area contributed by atoms with E-state index in [1.165, 1.54) is 13.0 Å². The van der Waals surface area contributed by atoms with Crippen LogP contribution in [0, 0.1) is 22.7 Å². The summed E-state index contributed by atoms with van der Waals surface area (Å²) in [4.78, 5) is 36.5. The lowest BCUT2D eigenvalue weighted by molar-refractivity contribution is -0.222. The molecule has 0 aromatic carbocycles. The van der Waals surface area contributed by atoms with Gasteiger partial charge in [-0.25, -0.2) is 9.59 Å². The van der Waals surface area contributed by atoms with Crippen molar-refractivity contribution < 1.29 is 38.4 Å². The molecule has 2 aliphatic carbocycles. The van der Waals surface area contributed by atoms with Gasteiger partial charge in [0, 0.05) is 24.1 Å². The Labute approximate surface area is 207 Å². The van der Waals surface area contributed by atoms with E-state index >= 15 is 0 Å². The number of hydrogen-bond acceptors (Lipinski definition) is 8. The van der Waals surface area contributed by atoms with E-state index in [1.54, 1.807) is 19.9 Å². The van der Waals surface area contributed by atoms with Crippen molar-refractivity contribution in [2.45, 2.75) is 84.5 Å². The summed E-state index contributed by atoms with van der Waals surface area (Å²) in [6.07, 6.45) is 5.38. The molecule has 7 atom stereocenters. The molecule has 2 heterocycles. The summed E-state index contributed by atoms with van der Waals surface area (Å²) in [6, 6.07) is 0. The number of aliphatic hydroxyl groups is 1. The molecule has 4 rings (SSSR count). The van der Waals surface area contributed by atoms with E-state index in [-0.39, 0.29) is 36.4 Å². The van der Waals surface area contributed by atoms with Gasteiger partial charge in [-0.15, -0.1) is 0 Å². The third-order valence-corrected chi connectivity index (χ3v) is 9.37. The summed E-state index contributed by atoms with van der Waals surface area (Å²) in [5.41, 5.74) is -0.496. The van der Waals surface area contributed by atoms with Gasteiger partial charge < -0.3 is 24.1 Å². The SMILES string of the molecule is CC=C(C)C(=O)OC(CC1(C)C(C)CC(O)C2(COC(C)=O)C1CCCC21CO1)C1=CC(=O)OC1. The van der Waals surface area contributed by atoms with Gasteiger partial charge in [-0.1, -0.05) is 26.3 Å². The molecule has 8 nitrogen and oxygen atoms in total. The molecule has 4 aliphatic rings. The van der Waals surface area contributed by atoms with Crippen molar-refractivity contribution in [1.82, 2.24) is 0 Å². The van der Waals surface area contributed by atoms with Gasteiger partial charge in [0.05, 0.1) is 18.1 Å². The number of carbonyl (C=O) groups is 3. The van der Waals surface area contributed by atoms with Crippen molar-refractivity contribution in [3.05, 3.63) is 23.3 Å². The number of hydrogen-bond donors (Lipinski definition) is 1. The Kier molecular flexibility index (Phi) is 6.92. The molecule has 0 aromatic heterocycles. The van der Waals surface area contributed by atoms with Crippen molar-refractivity contribution in [3.8, 4) is 0 Å². The number of ether oxygens (including phenoxy) is 4. The van der Waals surface area contributed by atoms with Crippen LogP contribution in [0.2, 0.25) is 0 Å². The van der Waals surface area contributed by atoms with Crippen LogP contribution in [-0.2, 0) is 33.3 Å². The Hall–Kier alpha value is -2.19. The van der Waals surface area contributed by atoms with Gasteiger partial charge >= 0.3 is 17.9 Å². The zero-order valence-corrected chi connectivity index (χ0v) is 21.4. The van der Waals surface area contributed by atoms with E-state index in [0.29, 0.717) is 30.6 Å². The van der Waals surface area contributed by atoms with Gasteiger partial charge in [0.2, 0.25) is 0 Å². The van der Waals surface area contributed by atoms with Gasteiger partial charge in [0.15, 0.2) is 0 Å². The highest BCUT2D eigenvalue weighted by Crippen LogP contribution is 2.68. The monoisotopic (exact) mass is 490 g/mol. The average molecular weight is 491 g/mol. The van der Waals surface area contributed by atoms with Crippen molar-refractivity contribution in [3.63, 3.8) is 0 Å². The zero-order chi connectivity index (χ0) is 25.6. The molecule has 1 N–H and O–H groups in total. The van der Waals surface area contributed by atoms with Crippen molar-refractivity contribution >= 4 is 17.9 Å². The van der Waals surface area contributed by atoms with E-state index in [9.17, 15) is 19.5 Å². The highest BCUT2D eigenvalue weighted by atomic mass is 16.6. The zero-order valence-electron chi connectivity index (χ0n) is 21.4. The van der Waals surface area contributed by atoms with Gasteiger partial charge in [-0.05, 0) is 56.8 Å². The fourth-order valence-corrected chi connectivity index (χ4v) is 6.97. The molecular weight excluding hydrogens is 452 g/mol. The lowest BCUT2D eigenvalue weighted by Crippen LogP contribution is -2.66. The van der Waals surface area contributed by atoms with Crippen LogP contribution in [0.4, 0.5) is 0 Å². The normalized spacial score (nSPS) is 39.4. The molecule has 7 unspecified atom stereocenters. The summed E-state index contributed by atoms with van der Waals surface area (Å²) in [5, 5.41) is 11.5. The fraction of sp³-hybridized carbons (Fsp3) is 0.741. The highest BCUT2D eigenvalue weighted by Gasteiger charge is 2.74. The van der Waals surface area contributed by atoms with Crippen molar-refractivity contribution in [2.75, 3.05) is 19.8 Å². The van der Waals surface area contributed by atoms with Crippen LogP contribution in [0.1, 0.15) is 66.7 Å². The second-order valence-corrected chi connectivity index (χ2v) is 11.1. The number of carbonyl (C=O) groups excluding carboxylic acids is 3. The Morgan fingerprint density at radius 3 is 2.63 bits per heavy atom. The molecule has 0 aromatic rings. The molecule has 0 amide bonds. The minimum absolute atomic E-state index is 0.0352. The van der Waals surface area contributed by atoms with Crippen LogP contribution < -0.4 is 0 Å². The first-order valence-electron chi connectivity index (χ1n) is 12.7. The number of epoxide rings is 1. The molecule has 8 heteroatoms. The Bertz CT molecular complexity index is 947. The summed E-state index contributed by atoms with van der Waals surface area (Å²) >= 11 is 0. The quantitative estimate of drug-likeness (QED) is 0.251. The molecule has 2 saturated carbocycles. The molecule has 0 bridgehead atoms. The average Bonchev–Trinajstić information content (AvgIpc) is 3.45. The van der Waals surface area contributed by atoms with Gasteiger partial charge in [-0.2, -0.15) is 0 Å². The standard InChI is InChI=1S/C27H38O8/c1-6-16(2)24(31)35-20(19-11-23(30)32-13-19)12-25(5)17(3)10-22(29)27(15-33-18(4)28)21(25)8-7-9-26(27)14-34-26/h6,11,17,20-22,29H,7-10,12-15H2,1-5H3. The molecule has 194 valence electrons. The van der Waals surface area contributed by atoms with Crippen LogP contribution in [0.3, 0.4) is 0 Å². The predicted molar refractivity (Wildman–Crippen MR) is 126 cm³/mol. The van der Waals surface area contributed by atoms with E-state index in [4.69, 9.17) is 18.9 Å². The number of fused-ring (bicyclic) bond motifs is 2. The second-order valence-electron chi connectivity index (χ2n) is 11.1. The molecule has 2 aliphatic heterocycles. The summed E-state index contributed by atoms with van der Waals surface area (Å²) in [7, 11) is 0. The fourth-order valence-electron chi connectivity index (χ4n) is 6.97. The number of allylic oxidation sites excluding steroid dienone is 1. The number of aliphatic hydroxyl groups excluding tert-OH is 1. The Balaban J connectivity index is 1.73. The Morgan fingerprint density at radius 1 is 1.34 bits per heavy atom. The summed E-state index contributed by atoms with van der Waals surface area (Å²) < 4.78 is 22.8. The molecule has 35 heavy (non-hydrogen) atoms. The molecule has 1 spiro atoms. The minimum atomic E-state index is -0.734. The predicted octanol–water partition coefficient (Wildman–Crippen LogP) is 3.26. The van der Waals surface area contributed by atoms with E-state index < -0.39 is 35.2 Å². The first kappa shape index (κ1) is 25.9. The lowest BCUT2D eigenvalue weighted by Gasteiger charge is -2.62. The number of esters is 3. The van der Waals surface area contributed by atoms with Crippen LogP contribution in [0.15, 0.2) is 23.3 Å². The third-order valence-electron chi connectivity index (χ3n) is 9.37. The van der Waals surface area contributed by atoms with Crippen LogP contribution >= 0.6 is 0 Å². The summed E-state index contributed by atoms with van der Waals surface area (Å²) in [5.74, 6) is -1.20. The van der Waals surface area contributed by atoms with Gasteiger partial charge in [0.1, 0.15) is 24.9 Å². The first-order chi connectivity index (χ1) is 16.5. The van der Waals surface area contributed by atoms with Crippen molar-refractivity contribution in [1.29, 1.82) is 0 Å². The topological polar surface area (TPSA) is 112 Å². The maximum absolute atomic E-state index is 12.8. The van der Waals surface area contributed by atoms with Crippen LogP contribution in [0.25, 0.3) is 0 Å². The van der Waals surface area contributed by atoms with Crippen molar-refractivity contribution in [2.24, 2.45) is 22.7 Å². The lowest BCUT2D eigenvalue weighted by atomic mass is 9.43. The van der Waals surface area contributed by atoms with Crippen LogP contribution in [0.5, 0.6) is 0 Å². The van der Waals surface area contributed by atoms with E-state index in [1.807, 2.05) is 0 Å². The van der Waals surface area contributed by atoms with Gasteiger partial charge in [0.25, 0.3) is 0 Å². The molecule has 3 fully saturated rings. The van der Waals surface area contributed by atoms with Crippen LogP contribution in [-0.4, -0.2) is 60.6 Å². The molecule has 0 radical (unpaired) electrons. The van der Waals surface area contributed by atoms with E-state index in [0.717, 1.165) is 19.3 Å². The highest BCUT2D eigenvalue weighted by molar-refractivity contribution is 5.88. The van der Waals surface area contributed by atoms with Gasteiger partial charge in [-0.3, -0.25) is 4.79 Å². The largest absolute Gasteiger partial charge is 0.465 e. The number of cyclic esters (lactones) is 1. The maximum atomic E-state index is 12.8. The molecule has 1 saturated heterocycles. The minimum Gasteiger partial charge on any atom is -0.465 e. The second kappa shape index (κ2) is 9.36. The smallest absolute Gasteiger partial charge is 0.333 e. The molecular formula is C27H38O8. The number of rotatable bonds is 7. The maximum Gasteiger partial charge on any atom is 0.333 e.